The highest BCUT2D eigenvalue weighted by Crippen LogP contribution is 2.49. The Morgan fingerprint density at radius 2 is 1.06 bits per heavy atom. The molecule has 3 heteroatoms. The van der Waals surface area contributed by atoms with E-state index in [9.17, 15) is 0 Å². The SMILES string of the molecule is CC1(C)c2ccccc2-c2ccc(-c3ccc(C4C=C(c5ccc(-c6cccnc6)cc5)N=C(c5ccc(-c6ccccc6)cc5)N4)cc3)cc21. The quantitative estimate of drug-likeness (QED) is 0.194. The van der Waals surface area contributed by atoms with E-state index >= 15 is 0 Å². The second-order valence-corrected chi connectivity index (χ2v) is 13.9. The number of rotatable bonds is 6. The Morgan fingerprint density at radius 3 is 1.80 bits per heavy atom. The van der Waals surface area contributed by atoms with Crippen LogP contribution in [0, 0.1) is 0 Å². The lowest BCUT2D eigenvalue weighted by molar-refractivity contribution is 0.660. The molecule has 1 aliphatic carbocycles. The molecule has 1 unspecified atom stereocenters. The summed E-state index contributed by atoms with van der Waals surface area (Å²) in [4.78, 5) is 9.49. The molecule has 1 N–H and O–H groups in total. The molecular formula is C48H37N3. The molecule has 0 saturated heterocycles. The van der Waals surface area contributed by atoms with Crippen molar-refractivity contribution in [1.82, 2.24) is 10.3 Å². The standard InChI is InChI=1S/C48H37N3/c1-48(2)43-13-7-6-12-41(43)42-27-26-39(29-44(42)48)34-14-20-36(21-15-34)45-30-46(37-22-16-35(17-23-37)40-11-8-28-49-31-40)51-47(50-45)38-24-18-33(19-25-38)32-9-4-3-5-10-32/h3-31,45H,1-2H3,(H,50,51). The summed E-state index contributed by atoms with van der Waals surface area (Å²) in [7, 11) is 0. The van der Waals surface area contributed by atoms with Crippen LogP contribution >= 0.6 is 0 Å². The lowest BCUT2D eigenvalue weighted by atomic mass is 9.81. The van der Waals surface area contributed by atoms with Gasteiger partial charge in [-0.3, -0.25) is 4.98 Å². The van der Waals surface area contributed by atoms with Crippen LogP contribution in [0.2, 0.25) is 0 Å². The van der Waals surface area contributed by atoms with Crippen LogP contribution in [0.1, 0.15) is 47.7 Å². The van der Waals surface area contributed by atoms with Crippen molar-refractivity contribution in [3.8, 4) is 44.5 Å². The maximum atomic E-state index is 5.19. The summed E-state index contributed by atoms with van der Waals surface area (Å²) in [5, 5.41) is 3.76. The molecule has 0 amide bonds. The van der Waals surface area contributed by atoms with Gasteiger partial charge in [-0.2, -0.15) is 0 Å². The number of fused-ring (bicyclic) bond motifs is 3. The van der Waals surface area contributed by atoms with Crippen molar-refractivity contribution in [2.45, 2.75) is 25.3 Å². The van der Waals surface area contributed by atoms with Gasteiger partial charge >= 0.3 is 0 Å². The Morgan fingerprint density at radius 1 is 0.490 bits per heavy atom. The van der Waals surface area contributed by atoms with Crippen molar-refractivity contribution in [2.24, 2.45) is 4.99 Å². The number of aromatic nitrogens is 1. The van der Waals surface area contributed by atoms with E-state index in [0.717, 1.165) is 33.8 Å². The minimum Gasteiger partial charge on any atom is -0.359 e. The van der Waals surface area contributed by atoms with Crippen LogP contribution in [-0.4, -0.2) is 10.8 Å². The van der Waals surface area contributed by atoms with Crippen molar-refractivity contribution in [3.05, 3.63) is 204 Å². The molecule has 0 bridgehead atoms. The lowest BCUT2D eigenvalue weighted by Gasteiger charge is -2.25. The van der Waals surface area contributed by atoms with E-state index in [1.807, 2.05) is 18.3 Å². The first kappa shape index (κ1) is 30.7. The van der Waals surface area contributed by atoms with Crippen molar-refractivity contribution in [1.29, 1.82) is 0 Å². The van der Waals surface area contributed by atoms with Crippen LogP contribution in [0.4, 0.5) is 0 Å². The molecule has 3 nitrogen and oxygen atoms in total. The van der Waals surface area contributed by atoms with E-state index in [2.05, 4.69) is 176 Å². The average molecular weight is 656 g/mol. The molecule has 0 radical (unpaired) electrons. The minimum absolute atomic E-state index is 0.0275. The van der Waals surface area contributed by atoms with Crippen LogP contribution in [0.3, 0.4) is 0 Å². The van der Waals surface area contributed by atoms with E-state index in [1.165, 1.54) is 50.1 Å². The van der Waals surface area contributed by atoms with Gasteiger partial charge in [0.1, 0.15) is 5.84 Å². The van der Waals surface area contributed by atoms with Crippen molar-refractivity contribution < 1.29 is 0 Å². The Bertz CT molecular complexity index is 2420. The van der Waals surface area contributed by atoms with Gasteiger partial charge in [-0.1, -0.05) is 159 Å². The van der Waals surface area contributed by atoms with Gasteiger partial charge in [0.2, 0.25) is 0 Å². The maximum Gasteiger partial charge on any atom is 0.134 e. The predicted molar refractivity (Wildman–Crippen MR) is 211 cm³/mol. The third kappa shape index (κ3) is 5.67. The normalized spacial score (nSPS) is 15.6. The fourth-order valence-corrected chi connectivity index (χ4v) is 7.61. The summed E-state index contributed by atoms with van der Waals surface area (Å²) in [6.45, 7) is 4.67. The number of hydrogen-bond donors (Lipinski definition) is 1. The Hall–Kier alpha value is -6.32. The van der Waals surface area contributed by atoms with Gasteiger partial charge in [-0.05, 0) is 85.0 Å². The fraction of sp³-hybridized carbons (Fsp3) is 0.0833. The monoisotopic (exact) mass is 655 g/mol. The number of benzene rings is 6. The Kier molecular flexibility index (Phi) is 7.55. The van der Waals surface area contributed by atoms with E-state index in [0.29, 0.717) is 0 Å². The third-order valence-electron chi connectivity index (χ3n) is 10.5. The van der Waals surface area contributed by atoms with E-state index in [4.69, 9.17) is 4.99 Å². The average Bonchev–Trinajstić information content (AvgIpc) is 3.44. The van der Waals surface area contributed by atoms with Crippen molar-refractivity contribution in [2.75, 3.05) is 0 Å². The molecule has 51 heavy (non-hydrogen) atoms. The molecule has 244 valence electrons. The number of nitrogens with zero attached hydrogens (tertiary/aromatic N) is 2. The summed E-state index contributed by atoms with van der Waals surface area (Å²) in [5.41, 5.74) is 16.8. The van der Waals surface area contributed by atoms with Crippen LogP contribution in [0.15, 0.2) is 181 Å². The summed E-state index contributed by atoms with van der Waals surface area (Å²) >= 11 is 0. The number of aliphatic imine (C=N–C) groups is 1. The van der Waals surface area contributed by atoms with Crippen LogP contribution in [0.5, 0.6) is 0 Å². The van der Waals surface area contributed by atoms with E-state index < -0.39 is 0 Å². The van der Waals surface area contributed by atoms with Crippen LogP contribution in [0.25, 0.3) is 50.2 Å². The molecule has 7 aromatic rings. The molecule has 2 heterocycles. The molecule has 2 aliphatic rings. The maximum absolute atomic E-state index is 5.19. The molecule has 9 rings (SSSR count). The number of amidine groups is 1. The zero-order valence-electron chi connectivity index (χ0n) is 28.7. The minimum atomic E-state index is -0.0539. The van der Waals surface area contributed by atoms with Crippen LogP contribution < -0.4 is 5.32 Å². The largest absolute Gasteiger partial charge is 0.359 e. The first-order valence-electron chi connectivity index (χ1n) is 17.6. The van der Waals surface area contributed by atoms with Crippen LogP contribution in [-0.2, 0) is 5.41 Å². The summed E-state index contributed by atoms with van der Waals surface area (Å²) in [5.74, 6) is 0.859. The Labute approximate surface area is 299 Å². The second-order valence-electron chi connectivity index (χ2n) is 13.9. The molecule has 1 aliphatic heterocycles. The lowest BCUT2D eigenvalue weighted by Crippen LogP contribution is -2.31. The highest BCUT2D eigenvalue weighted by molar-refractivity contribution is 6.03. The molecule has 1 aromatic heterocycles. The molecular weight excluding hydrogens is 619 g/mol. The number of nitrogens with one attached hydrogen (secondary N) is 1. The van der Waals surface area contributed by atoms with E-state index in [1.54, 1.807) is 6.20 Å². The molecule has 6 aromatic carbocycles. The fourth-order valence-electron chi connectivity index (χ4n) is 7.61. The third-order valence-corrected chi connectivity index (χ3v) is 10.5. The molecule has 1 atom stereocenters. The molecule has 0 spiro atoms. The second kappa shape index (κ2) is 12.5. The first-order chi connectivity index (χ1) is 25.0. The zero-order valence-corrected chi connectivity index (χ0v) is 28.7. The van der Waals surface area contributed by atoms with Gasteiger partial charge < -0.3 is 5.32 Å². The van der Waals surface area contributed by atoms with Crippen molar-refractivity contribution >= 4 is 11.5 Å². The molecule has 0 fully saturated rings. The Balaban J connectivity index is 1.04. The van der Waals surface area contributed by atoms with Gasteiger partial charge in [-0.25, -0.2) is 4.99 Å². The van der Waals surface area contributed by atoms with Gasteiger partial charge in [0.05, 0.1) is 11.7 Å². The van der Waals surface area contributed by atoms with Gasteiger partial charge in [-0.15, -0.1) is 0 Å². The number of hydrogen-bond acceptors (Lipinski definition) is 3. The highest BCUT2D eigenvalue weighted by Gasteiger charge is 2.35. The van der Waals surface area contributed by atoms with Gasteiger partial charge in [0, 0.05) is 23.4 Å². The molecule has 0 saturated carbocycles. The first-order valence-corrected chi connectivity index (χ1v) is 17.6. The topological polar surface area (TPSA) is 37.3 Å². The van der Waals surface area contributed by atoms with E-state index in [-0.39, 0.29) is 11.5 Å². The predicted octanol–water partition coefficient (Wildman–Crippen LogP) is 11.5. The van der Waals surface area contributed by atoms with Gasteiger partial charge in [0.15, 0.2) is 0 Å². The smallest absolute Gasteiger partial charge is 0.134 e. The zero-order chi connectivity index (χ0) is 34.4. The number of pyridine rings is 1. The highest BCUT2D eigenvalue weighted by atomic mass is 15.0. The summed E-state index contributed by atoms with van der Waals surface area (Å²) in [6, 6.07) is 56.6. The summed E-state index contributed by atoms with van der Waals surface area (Å²) in [6.07, 6.45) is 5.94. The van der Waals surface area contributed by atoms with Gasteiger partial charge in [0.25, 0.3) is 0 Å². The summed E-state index contributed by atoms with van der Waals surface area (Å²) < 4.78 is 0. The van der Waals surface area contributed by atoms with Crippen molar-refractivity contribution in [3.63, 3.8) is 0 Å².